The van der Waals surface area contributed by atoms with Gasteiger partial charge >= 0.3 is 0 Å². The molecule has 0 amide bonds. The summed E-state index contributed by atoms with van der Waals surface area (Å²) in [5, 5.41) is 11.8. The number of non-ortho nitro benzene ring substituents is 1. The van der Waals surface area contributed by atoms with E-state index in [1.54, 1.807) is 6.07 Å². The summed E-state index contributed by atoms with van der Waals surface area (Å²) in [5.74, 6) is 0.668. The molecule has 1 heterocycles. The second kappa shape index (κ2) is 4.66. The Morgan fingerprint density at radius 2 is 2.11 bits per heavy atom. The van der Waals surface area contributed by atoms with Crippen LogP contribution in [0.25, 0.3) is 10.8 Å². The molecule has 0 unspecified atom stereocenters. The zero-order chi connectivity index (χ0) is 13.3. The van der Waals surface area contributed by atoms with Crippen molar-refractivity contribution >= 4 is 28.1 Å². The first-order chi connectivity index (χ1) is 8.60. The number of rotatable bonds is 3. The van der Waals surface area contributed by atoms with Gasteiger partial charge in [-0.2, -0.15) is 0 Å². The van der Waals surface area contributed by atoms with Crippen LogP contribution in [0.15, 0.2) is 18.3 Å². The zero-order valence-electron chi connectivity index (χ0n) is 9.64. The van der Waals surface area contributed by atoms with E-state index in [0.29, 0.717) is 11.1 Å². The lowest BCUT2D eigenvalue weighted by Crippen LogP contribution is -1.97. The van der Waals surface area contributed by atoms with Crippen LogP contribution in [0, 0.1) is 10.1 Å². The Morgan fingerprint density at radius 1 is 1.39 bits per heavy atom. The number of hydrogen-bond acceptors (Lipinski definition) is 5. The average molecular weight is 269 g/mol. The van der Waals surface area contributed by atoms with Crippen LogP contribution in [-0.4, -0.2) is 24.1 Å². The monoisotopic (exact) mass is 268 g/mol. The van der Waals surface area contributed by atoms with Crippen LogP contribution in [-0.2, 0) is 0 Å². The van der Waals surface area contributed by atoms with Crippen LogP contribution in [0.4, 0.5) is 5.69 Å². The van der Waals surface area contributed by atoms with Gasteiger partial charge in [-0.1, -0.05) is 11.6 Å². The Balaban J connectivity index is 2.97. The van der Waals surface area contributed by atoms with Crippen LogP contribution < -0.4 is 9.47 Å². The van der Waals surface area contributed by atoms with Crippen molar-refractivity contribution in [1.82, 2.24) is 4.98 Å². The number of methoxy groups -OCH3 is 2. The van der Waals surface area contributed by atoms with Gasteiger partial charge in [0.05, 0.1) is 25.2 Å². The standard InChI is InChI=1S/C11H9ClN2O4/c1-17-8-5-7(14(15)16)9-6(10(8)18-2)3-4-13-11(9)12/h3-5H,1-2H3. The summed E-state index contributed by atoms with van der Waals surface area (Å²) < 4.78 is 10.3. The SMILES string of the molecule is COc1cc([N+](=O)[O-])c2c(Cl)nccc2c1OC. The van der Waals surface area contributed by atoms with Crippen molar-refractivity contribution in [2.24, 2.45) is 0 Å². The van der Waals surface area contributed by atoms with Crippen LogP contribution in [0.2, 0.25) is 5.15 Å². The number of halogens is 1. The van der Waals surface area contributed by atoms with Gasteiger partial charge in [0.2, 0.25) is 0 Å². The molecule has 0 radical (unpaired) electrons. The summed E-state index contributed by atoms with van der Waals surface area (Å²) in [7, 11) is 2.87. The summed E-state index contributed by atoms with van der Waals surface area (Å²) in [6, 6.07) is 2.87. The molecule has 1 aromatic heterocycles. The van der Waals surface area contributed by atoms with Gasteiger partial charge in [-0.3, -0.25) is 10.1 Å². The molecule has 0 fully saturated rings. The molecule has 0 saturated heterocycles. The third-order valence-corrected chi connectivity index (χ3v) is 2.80. The molecule has 94 valence electrons. The number of nitrogens with zero attached hydrogens (tertiary/aromatic N) is 2. The number of ether oxygens (including phenoxy) is 2. The van der Waals surface area contributed by atoms with Gasteiger partial charge in [-0.25, -0.2) is 4.98 Å². The third kappa shape index (κ3) is 1.80. The van der Waals surface area contributed by atoms with E-state index in [4.69, 9.17) is 21.1 Å². The Morgan fingerprint density at radius 3 is 2.67 bits per heavy atom. The molecule has 7 heteroatoms. The number of aromatic nitrogens is 1. The number of nitro groups is 1. The van der Waals surface area contributed by atoms with Crippen molar-refractivity contribution < 1.29 is 14.4 Å². The largest absolute Gasteiger partial charge is 0.493 e. The molecule has 0 aliphatic rings. The minimum atomic E-state index is -0.530. The molecule has 0 aliphatic heterocycles. The second-order valence-corrected chi connectivity index (χ2v) is 3.77. The van der Waals surface area contributed by atoms with Gasteiger partial charge in [0.15, 0.2) is 11.5 Å². The van der Waals surface area contributed by atoms with Crippen LogP contribution in [0.3, 0.4) is 0 Å². The normalized spacial score (nSPS) is 10.4. The van der Waals surface area contributed by atoms with Crippen molar-refractivity contribution in [3.05, 3.63) is 33.6 Å². The topological polar surface area (TPSA) is 74.5 Å². The first-order valence-electron chi connectivity index (χ1n) is 4.93. The predicted molar refractivity (Wildman–Crippen MR) is 66.5 cm³/mol. The van der Waals surface area contributed by atoms with Gasteiger partial charge in [0, 0.05) is 11.6 Å². The predicted octanol–water partition coefficient (Wildman–Crippen LogP) is 2.81. The van der Waals surface area contributed by atoms with Gasteiger partial charge in [0.1, 0.15) is 10.5 Å². The maximum atomic E-state index is 11.1. The van der Waals surface area contributed by atoms with E-state index in [2.05, 4.69) is 4.98 Å². The molecule has 6 nitrogen and oxygen atoms in total. The maximum absolute atomic E-state index is 11.1. The van der Waals surface area contributed by atoms with E-state index in [1.165, 1.54) is 26.5 Å². The molecule has 0 saturated carbocycles. The Hall–Kier alpha value is -2.08. The Labute approximate surface area is 107 Å². The van der Waals surface area contributed by atoms with Crippen LogP contribution in [0.5, 0.6) is 11.5 Å². The maximum Gasteiger partial charge on any atom is 0.284 e. The fourth-order valence-electron chi connectivity index (χ4n) is 1.77. The third-order valence-electron chi connectivity index (χ3n) is 2.52. The molecular weight excluding hydrogens is 260 g/mol. The van der Waals surface area contributed by atoms with E-state index >= 15 is 0 Å². The number of pyridine rings is 1. The number of hydrogen-bond donors (Lipinski definition) is 0. The molecule has 0 spiro atoms. The number of nitro benzene ring substituents is 1. The van der Waals surface area contributed by atoms with E-state index < -0.39 is 4.92 Å². The highest BCUT2D eigenvalue weighted by molar-refractivity contribution is 6.35. The molecular formula is C11H9ClN2O4. The minimum Gasteiger partial charge on any atom is -0.493 e. The summed E-state index contributed by atoms with van der Waals surface area (Å²) in [6.07, 6.45) is 1.45. The molecule has 0 atom stereocenters. The lowest BCUT2D eigenvalue weighted by Gasteiger charge is -2.11. The van der Waals surface area contributed by atoms with Gasteiger partial charge in [-0.15, -0.1) is 0 Å². The number of fused-ring (bicyclic) bond motifs is 1. The highest BCUT2D eigenvalue weighted by atomic mass is 35.5. The summed E-state index contributed by atoms with van der Waals surface area (Å²) >= 11 is 5.92. The molecule has 18 heavy (non-hydrogen) atoms. The Kier molecular flexibility index (Phi) is 3.20. The molecule has 0 N–H and O–H groups in total. The van der Waals surface area contributed by atoms with Gasteiger partial charge in [-0.05, 0) is 6.07 Å². The summed E-state index contributed by atoms with van der Waals surface area (Å²) in [6.45, 7) is 0. The molecule has 0 bridgehead atoms. The van der Waals surface area contributed by atoms with Gasteiger partial charge < -0.3 is 9.47 Å². The average Bonchev–Trinajstić information content (AvgIpc) is 2.36. The van der Waals surface area contributed by atoms with E-state index in [9.17, 15) is 10.1 Å². The minimum absolute atomic E-state index is 0.0557. The van der Waals surface area contributed by atoms with Gasteiger partial charge in [0.25, 0.3) is 5.69 Å². The lowest BCUT2D eigenvalue weighted by molar-refractivity contribution is -0.383. The Bertz CT molecular complexity index is 630. The highest BCUT2D eigenvalue weighted by Crippen LogP contribution is 2.42. The quantitative estimate of drug-likeness (QED) is 0.486. The first kappa shape index (κ1) is 12.4. The van der Waals surface area contributed by atoms with Crippen molar-refractivity contribution in [3.8, 4) is 11.5 Å². The summed E-state index contributed by atoms with van der Waals surface area (Å²) in [4.78, 5) is 14.4. The van der Waals surface area contributed by atoms with Crippen molar-refractivity contribution in [2.45, 2.75) is 0 Å². The van der Waals surface area contributed by atoms with E-state index in [0.717, 1.165) is 0 Å². The lowest BCUT2D eigenvalue weighted by atomic mass is 10.1. The molecule has 1 aromatic carbocycles. The first-order valence-corrected chi connectivity index (χ1v) is 5.31. The van der Waals surface area contributed by atoms with Crippen molar-refractivity contribution in [1.29, 1.82) is 0 Å². The fraction of sp³-hybridized carbons (Fsp3) is 0.182. The molecule has 2 aromatic rings. The summed E-state index contributed by atoms with van der Waals surface area (Å²) in [5.41, 5.74) is -0.166. The highest BCUT2D eigenvalue weighted by Gasteiger charge is 2.22. The fourth-order valence-corrected chi connectivity index (χ4v) is 2.02. The smallest absolute Gasteiger partial charge is 0.284 e. The van der Waals surface area contributed by atoms with Crippen LogP contribution >= 0.6 is 11.6 Å². The molecule has 2 rings (SSSR count). The molecule has 0 aliphatic carbocycles. The van der Waals surface area contributed by atoms with E-state index in [-0.39, 0.29) is 22.0 Å². The zero-order valence-corrected chi connectivity index (χ0v) is 10.4. The van der Waals surface area contributed by atoms with Crippen LogP contribution in [0.1, 0.15) is 0 Å². The second-order valence-electron chi connectivity index (χ2n) is 3.41. The number of benzene rings is 1. The van der Waals surface area contributed by atoms with Crippen molar-refractivity contribution in [3.63, 3.8) is 0 Å². The van der Waals surface area contributed by atoms with E-state index in [1.807, 2.05) is 0 Å². The van der Waals surface area contributed by atoms with Crippen molar-refractivity contribution in [2.75, 3.05) is 14.2 Å².